The van der Waals surface area contributed by atoms with Gasteiger partial charge < -0.3 is 25.4 Å². The van der Waals surface area contributed by atoms with Gasteiger partial charge in [-0.15, -0.1) is 0 Å². The number of amides is 2. The molecule has 2 aromatic heterocycles. The number of likely N-dealkylation sites (tertiary alicyclic amines) is 1. The van der Waals surface area contributed by atoms with Crippen molar-refractivity contribution in [3.8, 4) is 17.0 Å². The molecule has 9 nitrogen and oxygen atoms in total. The van der Waals surface area contributed by atoms with Gasteiger partial charge in [-0.1, -0.05) is 12.1 Å². The van der Waals surface area contributed by atoms with Crippen LogP contribution >= 0.6 is 0 Å². The summed E-state index contributed by atoms with van der Waals surface area (Å²) < 4.78 is 51.7. The summed E-state index contributed by atoms with van der Waals surface area (Å²) >= 11 is 0. The minimum absolute atomic E-state index is 0.147. The molecule has 2 amide bonds. The second-order valence-electron chi connectivity index (χ2n) is 9.70. The maximum atomic E-state index is 13.7. The normalized spacial score (nSPS) is 19.4. The Balaban J connectivity index is 1.36. The quantitative estimate of drug-likeness (QED) is 0.534. The molecule has 0 saturated carbocycles. The zero-order chi connectivity index (χ0) is 26.4. The molecule has 0 aliphatic carbocycles. The van der Waals surface area contributed by atoms with Gasteiger partial charge in [0.25, 0.3) is 0 Å². The molecule has 0 radical (unpaired) electrons. The summed E-state index contributed by atoms with van der Waals surface area (Å²) in [6.45, 7) is 2.24. The van der Waals surface area contributed by atoms with Crippen molar-refractivity contribution in [2.75, 3.05) is 25.4 Å². The molecule has 3 N–H and O–H groups in total. The molecule has 2 aliphatic heterocycles. The van der Waals surface area contributed by atoms with Crippen LogP contribution in [0.4, 0.5) is 23.8 Å². The lowest BCUT2D eigenvalue weighted by Crippen LogP contribution is -2.49. The number of anilines is 1. The molecule has 1 saturated heterocycles. The van der Waals surface area contributed by atoms with E-state index in [1.807, 2.05) is 19.9 Å². The Morgan fingerprint density at radius 1 is 1.27 bits per heavy atom. The van der Waals surface area contributed by atoms with Crippen molar-refractivity contribution >= 4 is 11.8 Å². The van der Waals surface area contributed by atoms with Crippen LogP contribution in [0.2, 0.25) is 0 Å². The number of halogens is 3. The van der Waals surface area contributed by atoms with Gasteiger partial charge in [0.1, 0.15) is 11.4 Å². The minimum atomic E-state index is -3.03. The summed E-state index contributed by atoms with van der Waals surface area (Å²) in [6.07, 6.45) is 1.99. The maximum absolute atomic E-state index is 13.7. The number of nitrogen functional groups attached to an aromatic ring is 1. The van der Waals surface area contributed by atoms with Gasteiger partial charge in [-0.05, 0) is 43.7 Å². The molecular formula is C25H27F3N6O3. The van der Waals surface area contributed by atoms with E-state index in [1.165, 1.54) is 24.4 Å². The minimum Gasteiger partial charge on any atom is -0.431 e. The number of hydrogen-bond donors (Lipinski definition) is 2. The Morgan fingerprint density at radius 2 is 2.08 bits per heavy atom. The Kier molecular flexibility index (Phi) is 6.22. The predicted octanol–water partition coefficient (Wildman–Crippen LogP) is 3.84. The first-order valence-electron chi connectivity index (χ1n) is 11.8. The molecule has 5 rings (SSSR count). The lowest BCUT2D eigenvalue weighted by atomic mass is 9.94. The van der Waals surface area contributed by atoms with Crippen LogP contribution in [0.1, 0.15) is 31.5 Å². The van der Waals surface area contributed by atoms with Crippen LogP contribution in [0, 0.1) is 5.82 Å². The van der Waals surface area contributed by atoms with E-state index < -0.39 is 17.8 Å². The number of nitrogens with zero attached hydrogens (tertiary/aromatic N) is 4. The fraction of sp³-hybridized carbons (Fsp3) is 0.400. The molecule has 2 aliphatic rings. The monoisotopic (exact) mass is 516 g/mol. The van der Waals surface area contributed by atoms with Crippen LogP contribution in [0.5, 0.6) is 5.75 Å². The molecule has 1 spiro atoms. The number of hydrogen-bond acceptors (Lipinski definition) is 6. The highest BCUT2D eigenvalue weighted by molar-refractivity contribution is 5.76. The highest BCUT2D eigenvalue weighted by atomic mass is 19.3. The fourth-order valence-corrected chi connectivity index (χ4v) is 4.86. The third-order valence-corrected chi connectivity index (χ3v) is 6.81. The van der Waals surface area contributed by atoms with Crippen LogP contribution in [0.3, 0.4) is 0 Å². The zero-order valence-electron chi connectivity index (χ0n) is 20.4. The summed E-state index contributed by atoms with van der Waals surface area (Å²) in [5, 5.41) is 7.62. The van der Waals surface area contributed by atoms with Gasteiger partial charge in [0.2, 0.25) is 0 Å². The summed E-state index contributed by atoms with van der Waals surface area (Å²) in [6, 6.07) is 9.04. The zero-order valence-corrected chi connectivity index (χ0v) is 20.4. The number of aromatic nitrogens is 3. The summed E-state index contributed by atoms with van der Waals surface area (Å²) in [4.78, 5) is 18.8. The van der Waals surface area contributed by atoms with E-state index in [9.17, 15) is 18.0 Å². The van der Waals surface area contributed by atoms with Crippen LogP contribution in [-0.2, 0) is 22.4 Å². The number of carbonyl (C=O) groups is 1. The first kappa shape index (κ1) is 24.9. The Labute approximate surface area is 211 Å². The van der Waals surface area contributed by atoms with Crippen LogP contribution in [0.25, 0.3) is 11.3 Å². The van der Waals surface area contributed by atoms with Crippen molar-refractivity contribution in [1.82, 2.24) is 25.0 Å². The molecule has 12 heteroatoms. The number of ether oxygens (including phenoxy) is 2. The van der Waals surface area contributed by atoms with Crippen molar-refractivity contribution in [2.45, 2.75) is 44.6 Å². The first-order valence-corrected chi connectivity index (χ1v) is 11.8. The van der Waals surface area contributed by atoms with Crippen molar-refractivity contribution in [3.05, 3.63) is 59.7 Å². The molecule has 1 unspecified atom stereocenters. The number of alkyl halides is 2. The topological polar surface area (TPSA) is 108 Å². The van der Waals surface area contributed by atoms with Crippen LogP contribution in [0.15, 0.2) is 42.6 Å². The highest BCUT2D eigenvalue weighted by Crippen LogP contribution is 2.40. The molecule has 196 valence electrons. The standard InChI is InChI=1S/C25H27F3N6O3/c1-24(2,16-4-3-5-17(26)11-16)31-23(35)33-7-6-25(14-33)20-12-18(32-34(20)8-9-36-25)15-10-19(37-22(27)28)21(29)30-13-15/h3-5,10-13,22H,6-9,14H2,1-2H3,(H2,29,30)(H,31,35). The third-order valence-electron chi connectivity index (χ3n) is 6.81. The molecule has 37 heavy (non-hydrogen) atoms. The lowest BCUT2D eigenvalue weighted by molar-refractivity contribution is -0.0702. The predicted molar refractivity (Wildman–Crippen MR) is 128 cm³/mol. The van der Waals surface area contributed by atoms with Crippen molar-refractivity contribution in [3.63, 3.8) is 0 Å². The van der Waals surface area contributed by atoms with Gasteiger partial charge in [-0.2, -0.15) is 13.9 Å². The summed E-state index contributed by atoms with van der Waals surface area (Å²) in [7, 11) is 0. The fourth-order valence-electron chi connectivity index (χ4n) is 4.86. The average Bonchev–Trinajstić information content (AvgIpc) is 3.46. The maximum Gasteiger partial charge on any atom is 0.387 e. The largest absolute Gasteiger partial charge is 0.431 e. The van der Waals surface area contributed by atoms with Gasteiger partial charge in [0.05, 0.1) is 36.6 Å². The Hall–Kier alpha value is -3.80. The van der Waals surface area contributed by atoms with Crippen LogP contribution < -0.4 is 15.8 Å². The SMILES string of the molecule is CC(C)(NC(=O)N1CCC2(C1)OCCn1nc(-c3cnc(N)c(OC(F)F)c3)cc12)c1cccc(F)c1. The Bertz CT molecular complexity index is 1330. The van der Waals surface area contributed by atoms with Gasteiger partial charge in [-0.3, -0.25) is 4.68 Å². The molecule has 3 aromatic rings. The Morgan fingerprint density at radius 3 is 2.84 bits per heavy atom. The van der Waals surface area contributed by atoms with Gasteiger partial charge in [0, 0.05) is 24.7 Å². The van der Waals surface area contributed by atoms with Crippen molar-refractivity contribution in [2.24, 2.45) is 0 Å². The van der Waals surface area contributed by atoms with E-state index in [0.29, 0.717) is 49.5 Å². The molecule has 1 fully saturated rings. The number of rotatable bonds is 5. The lowest BCUT2D eigenvalue weighted by Gasteiger charge is -2.35. The number of urea groups is 1. The van der Waals surface area contributed by atoms with Crippen LogP contribution in [-0.4, -0.2) is 52.0 Å². The molecule has 1 atom stereocenters. The molecule has 1 aromatic carbocycles. The number of nitrogens with one attached hydrogen (secondary N) is 1. The van der Waals surface area contributed by atoms with E-state index in [4.69, 9.17) is 10.5 Å². The highest BCUT2D eigenvalue weighted by Gasteiger charge is 2.47. The van der Waals surface area contributed by atoms with E-state index in [1.54, 1.807) is 21.7 Å². The average molecular weight is 517 g/mol. The number of fused-ring (bicyclic) bond motifs is 2. The van der Waals surface area contributed by atoms with E-state index in [-0.39, 0.29) is 23.4 Å². The van der Waals surface area contributed by atoms with E-state index in [2.05, 4.69) is 20.1 Å². The second kappa shape index (κ2) is 9.25. The van der Waals surface area contributed by atoms with Gasteiger partial charge in [-0.25, -0.2) is 14.2 Å². The smallest absolute Gasteiger partial charge is 0.387 e. The molecule has 0 bridgehead atoms. The third kappa shape index (κ3) is 4.80. The number of pyridine rings is 1. The summed E-state index contributed by atoms with van der Waals surface area (Å²) in [5.41, 5.74) is 6.49. The number of carbonyl (C=O) groups excluding carboxylic acids is 1. The van der Waals surface area contributed by atoms with Gasteiger partial charge in [0.15, 0.2) is 11.6 Å². The molecule has 4 heterocycles. The van der Waals surface area contributed by atoms with E-state index in [0.717, 1.165) is 5.69 Å². The number of benzene rings is 1. The first-order chi connectivity index (χ1) is 17.6. The van der Waals surface area contributed by atoms with Crippen molar-refractivity contribution < 1.29 is 27.4 Å². The van der Waals surface area contributed by atoms with Crippen molar-refractivity contribution in [1.29, 1.82) is 0 Å². The van der Waals surface area contributed by atoms with Gasteiger partial charge >= 0.3 is 12.6 Å². The second-order valence-corrected chi connectivity index (χ2v) is 9.70. The number of nitrogens with two attached hydrogens (primary N) is 1. The summed E-state index contributed by atoms with van der Waals surface area (Å²) in [5.74, 6) is -0.746. The van der Waals surface area contributed by atoms with E-state index >= 15 is 0 Å². The molecular weight excluding hydrogens is 489 g/mol.